The summed E-state index contributed by atoms with van der Waals surface area (Å²) in [4.78, 5) is 12.0. The van der Waals surface area contributed by atoms with Gasteiger partial charge in [0.25, 0.3) is 5.91 Å². The van der Waals surface area contributed by atoms with Gasteiger partial charge in [-0.3, -0.25) is 4.79 Å². The highest BCUT2D eigenvalue weighted by Gasteiger charge is 2.16. The maximum absolute atomic E-state index is 13.7. The molecule has 1 atom stereocenters. The lowest BCUT2D eigenvalue weighted by Gasteiger charge is -2.12. The molecule has 0 aliphatic rings. The lowest BCUT2D eigenvalue weighted by molar-refractivity contribution is -0.682. The van der Waals surface area contributed by atoms with Gasteiger partial charge in [0.2, 0.25) is 0 Å². The number of carbonyl (C=O) groups excluding carboxylic acids is 1. The van der Waals surface area contributed by atoms with Gasteiger partial charge in [0.15, 0.2) is 6.54 Å². The number of amides is 1. The van der Waals surface area contributed by atoms with Gasteiger partial charge in [0.1, 0.15) is 17.7 Å². The molecule has 122 valence electrons. The number of halogens is 3. The van der Waals surface area contributed by atoms with Gasteiger partial charge in [-0.15, -0.1) is 0 Å². The van der Waals surface area contributed by atoms with E-state index in [-0.39, 0.29) is 18.5 Å². The lowest BCUT2D eigenvalue weighted by atomic mass is 10.1. The molecule has 0 unspecified atom stereocenters. The zero-order valence-corrected chi connectivity index (χ0v) is 13.6. The molecule has 23 heavy (non-hydrogen) atoms. The molecule has 2 aromatic rings. The van der Waals surface area contributed by atoms with Gasteiger partial charge in [-0.25, -0.2) is 8.78 Å². The minimum Gasteiger partial charge on any atom is -0.332 e. The van der Waals surface area contributed by atoms with E-state index in [1.165, 1.54) is 12.1 Å². The van der Waals surface area contributed by atoms with Gasteiger partial charge in [-0.05, 0) is 43.7 Å². The molecule has 0 saturated heterocycles. The molecule has 2 rings (SSSR count). The molecule has 0 radical (unpaired) electrons. The molecule has 0 aromatic heterocycles. The SMILES string of the molecule is Cc1ccc(NC(=O)C[NH2+][C@H](C)c2ccc(F)cc2F)c(Cl)c1. The number of anilines is 1. The first-order chi connectivity index (χ1) is 10.9. The molecule has 0 heterocycles. The van der Waals surface area contributed by atoms with Crippen LogP contribution in [0.25, 0.3) is 0 Å². The predicted molar refractivity (Wildman–Crippen MR) is 86.4 cm³/mol. The Balaban J connectivity index is 1.93. The number of hydrogen-bond acceptors (Lipinski definition) is 1. The van der Waals surface area contributed by atoms with Gasteiger partial charge in [0, 0.05) is 11.6 Å². The van der Waals surface area contributed by atoms with Crippen LogP contribution in [0.5, 0.6) is 0 Å². The molecule has 3 nitrogen and oxygen atoms in total. The van der Waals surface area contributed by atoms with Crippen molar-refractivity contribution in [2.75, 3.05) is 11.9 Å². The Bertz CT molecular complexity index is 722. The largest absolute Gasteiger partial charge is 0.332 e. The molecule has 0 fully saturated rings. The van der Waals surface area contributed by atoms with Crippen LogP contribution in [0, 0.1) is 18.6 Å². The van der Waals surface area contributed by atoms with Crippen molar-refractivity contribution < 1.29 is 18.9 Å². The van der Waals surface area contributed by atoms with Gasteiger partial charge in [-0.1, -0.05) is 17.7 Å². The third-order valence-electron chi connectivity index (χ3n) is 3.51. The Morgan fingerprint density at radius 1 is 1.26 bits per heavy atom. The van der Waals surface area contributed by atoms with E-state index in [9.17, 15) is 13.6 Å². The van der Waals surface area contributed by atoms with Crippen molar-refractivity contribution in [1.29, 1.82) is 0 Å². The second-order valence-electron chi connectivity index (χ2n) is 5.43. The Morgan fingerprint density at radius 2 is 2.00 bits per heavy atom. The summed E-state index contributed by atoms with van der Waals surface area (Å²) in [6, 6.07) is 8.47. The smallest absolute Gasteiger partial charge is 0.279 e. The van der Waals surface area contributed by atoms with Crippen molar-refractivity contribution in [2.45, 2.75) is 19.9 Å². The highest BCUT2D eigenvalue weighted by molar-refractivity contribution is 6.33. The molecule has 0 spiro atoms. The average Bonchev–Trinajstić information content (AvgIpc) is 2.48. The van der Waals surface area contributed by atoms with Crippen LogP contribution in [0.2, 0.25) is 5.02 Å². The fraction of sp³-hybridized carbons (Fsp3) is 0.235. The van der Waals surface area contributed by atoms with Crippen LogP contribution in [0.4, 0.5) is 14.5 Å². The summed E-state index contributed by atoms with van der Waals surface area (Å²) in [7, 11) is 0. The van der Waals surface area contributed by atoms with Crippen LogP contribution < -0.4 is 10.6 Å². The zero-order chi connectivity index (χ0) is 17.0. The molecule has 0 aliphatic carbocycles. The Kier molecular flexibility index (Phi) is 5.69. The Morgan fingerprint density at radius 3 is 2.65 bits per heavy atom. The standard InChI is InChI=1S/C17H17ClF2N2O/c1-10-3-6-16(14(18)7-10)22-17(23)9-21-11(2)13-5-4-12(19)8-15(13)20/h3-8,11,21H,9H2,1-2H3,(H,22,23)/p+1/t11-/m1/s1. The summed E-state index contributed by atoms with van der Waals surface area (Å²) >= 11 is 6.06. The fourth-order valence-electron chi connectivity index (χ4n) is 2.20. The first kappa shape index (κ1) is 17.4. The number of rotatable bonds is 5. The maximum atomic E-state index is 13.7. The van der Waals surface area contributed by atoms with Crippen molar-refractivity contribution in [3.63, 3.8) is 0 Å². The molecule has 1 amide bonds. The van der Waals surface area contributed by atoms with Gasteiger partial charge in [-0.2, -0.15) is 0 Å². The summed E-state index contributed by atoms with van der Waals surface area (Å²) in [6.45, 7) is 3.76. The first-order valence-corrected chi connectivity index (χ1v) is 7.59. The Labute approximate surface area is 138 Å². The van der Waals surface area contributed by atoms with E-state index in [1.807, 2.05) is 13.0 Å². The monoisotopic (exact) mass is 339 g/mol. The molecule has 0 saturated carbocycles. The molecule has 6 heteroatoms. The van der Waals surface area contributed by atoms with Crippen molar-refractivity contribution in [3.05, 3.63) is 64.2 Å². The van der Waals surface area contributed by atoms with Gasteiger partial charge >= 0.3 is 0 Å². The van der Waals surface area contributed by atoms with E-state index < -0.39 is 11.6 Å². The van der Waals surface area contributed by atoms with Gasteiger partial charge in [0.05, 0.1) is 10.7 Å². The summed E-state index contributed by atoms with van der Waals surface area (Å²) in [6.07, 6.45) is 0. The summed E-state index contributed by atoms with van der Waals surface area (Å²) < 4.78 is 26.6. The van der Waals surface area contributed by atoms with E-state index in [0.29, 0.717) is 16.3 Å². The van der Waals surface area contributed by atoms with E-state index in [4.69, 9.17) is 11.6 Å². The van der Waals surface area contributed by atoms with E-state index in [0.717, 1.165) is 11.6 Å². The van der Waals surface area contributed by atoms with Crippen LogP contribution in [0.1, 0.15) is 24.1 Å². The summed E-state index contributed by atoms with van der Waals surface area (Å²) in [5.74, 6) is -1.48. The molecule has 0 aliphatic heterocycles. The van der Waals surface area contributed by atoms with E-state index in [2.05, 4.69) is 5.32 Å². The number of benzene rings is 2. The highest BCUT2D eigenvalue weighted by atomic mass is 35.5. The van der Waals surface area contributed by atoms with Crippen LogP contribution in [0.15, 0.2) is 36.4 Å². The Hall–Kier alpha value is -1.98. The number of carbonyl (C=O) groups is 1. The lowest BCUT2D eigenvalue weighted by Crippen LogP contribution is -2.86. The number of aryl methyl sites for hydroxylation is 1. The second-order valence-corrected chi connectivity index (χ2v) is 5.83. The fourth-order valence-corrected chi connectivity index (χ4v) is 2.49. The van der Waals surface area contributed by atoms with Crippen LogP contribution in [-0.4, -0.2) is 12.5 Å². The highest BCUT2D eigenvalue weighted by Crippen LogP contribution is 2.22. The van der Waals surface area contributed by atoms with Crippen molar-refractivity contribution >= 4 is 23.2 Å². The van der Waals surface area contributed by atoms with Crippen LogP contribution in [0.3, 0.4) is 0 Å². The maximum Gasteiger partial charge on any atom is 0.279 e. The predicted octanol–water partition coefficient (Wildman–Crippen LogP) is 3.19. The number of quaternary nitrogens is 1. The number of hydrogen-bond donors (Lipinski definition) is 2. The van der Waals surface area contributed by atoms with E-state index >= 15 is 0 Å². The molecule has 3 N–H and O–H groups in total. The molecular formula is C17H18ClF2N2O+. The molecular weight excluding hydrogens is 322 g/mol. The van der Waals surface area contributed by atoms with Crippen molar-refractivity contribution in [1.82, 2.24) is 0 Å². The first-order valence-electron chi connectivity index (χ1n) is 7.21. The molecule has 0 bridgehead atoms. The minimum absolute atomic E-state index is 0.0994. The molecule has 2 aromatic carbocycles. The number of nitrogens with one attached hydrogen (secondary N) is 1. The van der Waals surface area contributed by atoms with Gasteiger partial charge < -0.3 is 10.6 Å². The summed E-state index contributed by atoms with van der Waals surface area (Å²) in [5, 5.41) is 4.85. The average molecular weight is 340 g/mol. The zero-order valence-electron chi connectivity index (χ0n) is 12.9. The quantitative estimate of drug-likeness (QED) is 0.863. The summed E-state index contributed by atoms with van der Waals surface area (Å²) in [5.41, 5.74) is 1.89. The number of nitrogens with two attached hydrogens (primary N) is 1. The third kappa shape index (κ3) is 4.74. The van der Waals surface area contributed by atoms with E-state index in [1.54, 1.807) is 24.4 Å². The van der Waals surface area contributed by atoms with Crippen LogP contribution >= 0.6 is 11.6 Å². The minimum atomic E-state index is -0.620. The van der Waals surface area contributed by atoms with Crippen molar-refractivity contribution in [3.8, 4) is 0 Å². The topological polar surface area (TPSA) is 45.7 Å². The van der Waals surface area contributed by atoms with Crippen molar-refractivity contribution in [2.24, 2.45) is 0 Å². The normalized spacial score (nSPS) is 12.0. The second kappa shape index (κ2) is 7.53. The van der Waals surface area contributed by atoms with Crippen LogP contribution in [-0.2, 0) is 4.79 Å². The third-order valence-corrected chi connectivity index (χ3v) is 3.82.